The lowest BCUT2D eigenvalue weighted by atomic mass is 9.94. The van der Waals surface area contributed by atoms with E-state index in [0.29, 0.717) is 24.1 Å². The SMILES string of the molecule is C[C@H]1CN(C)CC[C@H]1NCc1ccc(F)cc1F. The summed E-state index contributed by atoms with van der Waals surface area (Å²) in [5.74, 6) is -0.445. The van der Waals surface area contributed by atoms with Gasteiger partial charge in [-0.3, -0.25) is 0 Å². The molecule has 0 bridgehead atoms. The zero-order chi connectivity index (χ0) is 13.1. The van der Waals surface area contributed by atoms with E-state index in [1.807, 2.05) is 0 Å². The zero-order valence-corrected chi connectivity index (χ0v) is 10.9. The predicted molar refractivity (Wildman–Crippen MR) is 68.3 cm³/mol. The molecule has 1 saturated heterocycles. The van der Waals surface area contributed by atoms with Gasteiger partial charge in [-0.15, -0.1) is 0 Å². The third kappa shape index (κ3) is 3.27. The van der Waals surface area contributed by atoms with Gasteiger partial charge in [-0.25, -0.2) is 8.78 Å². The fourth-order valence-electron chi connectivity index (χ4n) is 2.56. The van der Waals surface area contributed by atoms with Gasteiger partial charge in [0, 0.05) is 30.8 Å². The maximum atomic E-state index is 13.5. The molecule has 1 aromatic carbocycles. The molecule has 100 valence electrons. The molecular formula is C14H20F2N2. The van der Waals surface area contributed by atoms with Crippen molar-refractivity contribution in [2.24, 2.45) is 5.92 Å². The van der Waals surface area contributed by atoms with Crippen molar-refractivity contribution in [3.63, 3.8) is 0 Å². The third-order valence-electron chi connectivity index (χ3n) is 3.68. The molecule has 1 heterocycles. The Labute approximate surface area is 107 Å². The molecule has 2 atom stereocenters. The summed E-state index contributed by atoms with van der Waals surface area (Å²) in [5.41, 5.74) is 0.530. The Morgan fingerprint density at radius 2 is 2.17 bits per heavy atom. The molecule has 0 saturated carbocycles. The van der Waals surface area contributed by atoms with Crippen molar-refractivity contribution < 1.29 is 8.78 Å². The molecule has 0 aliphatic carbocycles. The van der Waals surface area contributed by atoms with Crippen molar-refractivity contribution in [2.75, 3.05) is 20.1 Å². The summed E-state index contributed by atoms with van der Waals surface area (Å²) in [7, 11) is 2.12. The number of benzene rings is 1. The lowest BCUT2D eigenvalue weighted by molar-refractivity contribution is 0.174. The van der Waals surface area contributed by atoms with Gasteiger partial charge < -0.3 is 10.2 Å². The van der Waals surface area contributed by atoms with Crippen LogP contribution in [-0.4, -0.2) is 31.1 Å². The van der Waals surface area contributed by atoms with E-state index in [1.54, 1.807) is 0 Å². The number of piperidine rings is 1. The fraction of sp³-hybridized carbons (Fsp3) is 0.571. The van der Waals surface area contributed by atoms with E-state index >= 15 is 0 Å². The molecule has 1 N–H and O–H groups in total. The maximum absolute atomic E-state index is 13.5. The molecular weight excluding hydrogens is 234 g/mol. The molecule has 2 nitrogen and oxygen atoms in total. The molecule has 0 radical (unpaired) electrons. The van der Waals surface area contributed by atoms with Gasteiger partial charge in [0.2, 0.25) is 0 Å². The molecule has 18 heavy (non-hydrogen) atoms. The van der Waals surface area contributed by atoms with Gasteiger partial charge in [0.25, 0.3) is 0 Å². The van der Waals surface area contributed by atoms with Gasteiger partial charge in [-0.2, -0.15) is 0 Å². The Bertz CT molecular complexity index is 409. The van der Waals surface area contributed by atoms with Crippen LogP contribution < -0.4 is 5.32 Å². The summed E-state index contributed by atoms with van der Waals surface area (Å²) < 4.78 is 26.3. The van der Waals surface area contributed by atoms with Crippen LogP contribution in [0.4, 0.5) is 8.78 Å². The normalized spacial score (nSPS) is 25.3. The van der Waals surface area contributed by atoms with Crippen LogP contribution in [0.1, 0.15) is 18.9 Å². The standard InChI is InChI=1S/C14H20F2N2/c1-10-9-18(2)6-5-14(10)17-8-11-3-4-12(15)7-13(11)16/h3-4,7,10,14,17H,5-6,8-9H2,1-2H3/t10-,14+/m0/s1. The smallest absolute Gasteiger partial charge is 0.130 e. The molecule has 1 aliphatic heterocycles. The summed E-state index contributed by atoms with van der Waals surface area (Å²) in [6.45, 7) is 4.79. The maximum Gasteiger partial charge on any atom is 0.130 e. The summed E-state index contributed by atoms with van der Waals surface area (Å²) in [6, 6.07) is 4.16. The quantitative estimate of drug-likeness (QED) is 0.891. The first-order valence-electron chi connectivity index (χ1n) is 6.42. The second kappa shape index (κ2) is 5.76. The van der Waals surface area contributed by atoms with Gasteiger partial charge in [0.15, 0.2) is 0 Å². The summed E-state index contributed by atoms with van der Waals surface area (Å²) >= 11 is 0. The van der Waals surface area contributed by atoms with Crippen LogP contribution in [0, 0.1) is 17.6 Å². The van der Waals surface area contributed by atoms with Gasteiger partial charge >= 0.3 is 0 Å². The first-order valence-corrected chi connectivity index (χ1v) is 6.42. The number of hydrogen-bond donors (Lipinski definition) is 1. The minimum absolute atomic E-state index is 0.408. The van der Waals surface area contributed by atoms with E-state index in [0.717, 1.165) is 25.6 Å². The van der Waals surface area contributed by atoms with Crippen molar-refractivity contribution in [1.29, 1.82) is 0 Å². The monoisotopic (exact) mass is 254 g/mol. The Kier molecular flexibility index (Phi) is 4.30. The molecule has 2 rings (SSSR count). The van der Waals surface area contributed by atoms with Crippen LogP contribution in [0.2, 0.25) is 0 Å². The van der Waals surface area contributed by atoms with Gasteiger partial charge in [-0.05, 0) is 32.0 Å². The molecule has 1 aromatic rings. The number of rotatable bonds is 3. The van der Waals surface area contributed by atoms with E-state index < -0.39 is 11.6 Å². The summed E-state index contributed by atoms with van der Waals surface area (Å²) in [5, 5.41) is 3.38. The average molecular weight is 254 g/mol. The van der Waals surface area contributed by atoms with Crippen molar-refractivity contribution in [3.05, 3.63) is 35.4 Å². The highest BCUT2D eigenvalue weighted by Crippen LogP contribution is 2.17. The predicted octanol–water partition coefficient (Wildman–Crippen LogP) is 2.39. The second-order valence-electron chi connectivity index (χ2n) is 5.25. The fourth-order valence-corrected chi connectivity index (χ4v) is 2.56. The molecule has 0 spiro atoms. The van der Waals surface area contributed by atoms with Crippen molar-refractivity contribution in [1.82, 2.24) is 10.2 Å². The molecule has 0 amide bonds. The molecule has 1 aliphatic rings. The van der Waals surface area contributed by atoms with Crippen LogP contribution in [-0.2, 0) is 6.54 Å². The number of hydrogen-bond acceptors (Lipinski definition) is 2. The zero-order valence-electron chi connectivity index (χ0n) is 10.9. The van der Waals surface area contributed by atoms with Crippen molar-refractivity contribution >= 4 is 0 Å². The average Bonchev–Trinajstić information content (AvgIpc) is 2.30. The molecule has 4 heteroatoms. The van der Waals surface area contributed by atoms with E-state index in [4.69, 9.17) is 0 Å². The van der Waals surface area contributed by atoms with Crippen LogP contribution in [0.25, 0.3) is 0 Å². The van der Waals surface area contributed by atoms with E-state index in [1.165, 1.54) is 12.1 Å². The van der Waals surface area contributed by atoms with Crippen LogP contribution in [0.3, 0.4) is 0 Å². The minimum atomic E-state index is -0.524. The van der Waals surface area contributed by atoms with Crippen molar-refractivity contribution in [3.8, 4) is 0 Å². The first-order chi connectivity index (χ1) is 8.56. The number of nitrogens with one attached hydrogen (secondary N) is 1. The summed E-state index contributed by atoms with van der Waals surface area (Å²) in [6.07, 6.45) is 1.07. The second-order valence-corrected chi connectivity index (χ2v) is 5.25. The van der Waals surface area contributed by atoms with Gasteiger partial charge in [0.1, 0.15) is 11.6 Å². The lowest BCUT2D eigenvalue weighted by Crippen LogP contribution is -2.46. The third-order valence-corrected chi connectivity index (χ3v) is 3.68. The number of halogens is 2. The van der Waals surface area contributed by atoms with Gasteiger partial charge in [0.05, 0.1) is 0 Å². The van der Waals surface area contributed by atoms with Gasteiger partial charge in [-0.1, -0.05) is 13.0 Å². The van der Waals surface area contributed by atoms with Crippen LogP contribution >= 0.6 is 0 Å². The Morgan fingerprint density at radius 1 is 1.39 bits per heavy atom. The summed E-state index contributed by atoms with van der Waals surface area (Å²) in [4.78, 5) is 2.31. The van der Waals surface area contributed by atoms with Crippen LogP contribution in [0.15, 0.2) is 18.2 Å². The highest BCUT2D eigenvalue weighted by molar-refractivity contribution is 5.18. The number of likely N-dealkylation sites (tertiary alicyclic amines) is 1. The molecule has 0 unspecified atom stereocenters. The number of nitrogens with zero attached hydrogens (tertiary/aromatic N) is 1. The molecule has 0 aromatic heterocycles. The van der Waals surface area contributed by atoms with E-state index in [9.17, 15) is 8.78 Å². The Hall–Kier alpha value is -1.00. The van der Waals surface area contributed by atoms with E-state index in [-0.39, 0.29) is 0 Å². The first kappa shape index (κ1) is 13.4. The topological polar surface area (TPSA) is 15.3 Å². The Morgan fingerprint density at radius 3 is 2.83 bits per heavy atom. The highest BCUT2D eigenvalue weighted by Gasteiger charge is 2.23. The van der Waals surface area contributed by atoms with Crippen LogP contribution in [0.5, 0.6) is 0 Å². The van der Waals surface area contributed by atoms with Crippen molar-refractivity contribution in [2.45, 2.75) is 25.9 Å². The Balaban J connectivity index is 1.91. The highest BCUT2D eigenvalue weighted by atomic mass is 19.1. The molecule has 1 fully saturated rings. The minimum Gasteiger partial charge on any atom is -0.309 e. The lowest BCUT2D eigenvalue weighted by Gasteiger charge is -2.35. The van der Waals surface area contributed by atoms with E-state index in [2.05, 4.69) is 24.2 Å². The largest absolute Gasteiger partial charge is 0.309 e.